The summed E-state index contributed by atoms with van der Waals surface area (Å²) in [4.78, 5) is 8.37. The zero-order chi connectivity index (χ0) is 96.7. The summed E-state index contributed by atoms with van der Waals surface area (Å²) in [5.74, 6) is -143. The second-order valence-electron chi connectivity index (χ2n) is 27.0. The van der Waals surface area contributed by atoms with Crippen LogP contribution in [-0.2, 0) is 20.4 Å². The van der Waals surface area contributed by atoms with Crippen molar-refractivity contribution < 1.29 is 196 Å². The van der Waals surface area contributed by atoms with Crippen LogP contribution >= 0.6 is 15.8 Å². The number of pyridine rings is 2. The molecule has 14 aromatic rings. The van der Waals surface area contributed by atoms with Gasteiger partial charge in [-0.3, -0.25) is 9.97 Å². The molecule has 2 heterocycles. The molecule has 0 aliphatic carbocycles. The molecule has 2 nitrogen and oxygen atoms in total. The first-order valence-corrected chi connectivity index (χ1v) is 38.9. The van der Waals surface area contributed by atoms with Gasteiger partial charge in [-0.15, -0.1) is 43.7 Å². The summed E-state index contributed by atoms with van der Waals surface area (Å²) in [6, 6.07) is 55.9. The van der Waals surface area contributed by atoms with Gasteiger partial charge in [-0.2, -0.15) is 0 Å². The van der Waals surface area contributed by atoms with Crippen molar-refractivity contribution in [2.75, 3.05) is 12.3 Å². The quantitative estimate of drug-likeness (QED) is 0.0299. The van der Waals surface area contributed by atoms with Crippen molar-refractivity contribution in [1.82, 2.24) is 9.97 Å². The van der Waals surface area contributed by atoms with E-state index in [9.17, 15) is 105 Å². The van der Waals surface area contributed by atoms with Gasteiger partial charge in [-0.25, -0.2) is 176 Å². The van der Waals surface area contributed by atoms with Crippen molar-refractivity contribution in [2.45, 2.75) is 6.42 Å². The Morgan fingerprint density at radius 1 is 0.159 bits per heavy atom. The van der Waals surface area contributed by atoms with E-state index in [-0.39, 0.29) is 36.3 Å². The van der Waals surface area contributed by atoms with E-state index in [0.29, 0.717) is 0 Å². The maximum atomic E-state index is 15.4. The summed E-state index contributed by atoms with van der Waals surface area (Å²) in [5, 5.41) is 5.94. The van der Waals surface area contributed by atoms with Crippen LogP contribution in [0.1, 0.15) is 6.42 Å². The predicted octanol–water partition coefficient (Wildman–Crippen LogP) is 19.5. The number of hydrogen-bond donors (Lipinski definition) is 0. The second kappa shape index (κ2) is 40.9. The fourth-order valence-electron chi connectivity index (χ4n) is 14.4. The van der Waals surface area contributed by atoms with Crippen LogP contribution in [0.4, 0.5) is 176 Å². The molecule has 0 aliphatic heterocycles. The molecular formula is C85H34B2F40N2P2Pd. The summed E-state index contributed by atoms with van der Waals surface area (Å²) in [6.45, 7) is 0. The minimum absolute atomic E-state index is 0. The first-order valence-electron chi connectivity index (χ1n) is 35.8. The molecule has 12 aromatic carbocycles. The van der Waals surface area contributed by atoms with Crippen LogP contribution in [0, 0.1) is 233 Å². The Kier molecular flexibility index (Phi) is 31.6. The van der Waals surface area contributed by atoms with E-state index >= 15 is 70.2 Å². The molecule has 0 spiro atoms. The van der Waals surface area contributed by atoms with E-state index in [1.165, 1.54) is 40.0 Å². The van der Waals surface area contributed by atoms with Gasteiger partial charge in [0.25, 0.3) is 0 Å². The van der Waals surface area contributed by atoms with E-state index in [4.69, 9.17) is 0 Å². The van der Waals surface area contributed by atoms with Crippen molar-refractivity contribution >= 4 is 93.1 Å². The number of rotatable bonds is 17. The summed E-state index contributed by atoms with van der Waals surface area (Å²) in [5.41, 5.74) is -26.8. The first kappa shape index (κ1) is 102. The van der Waals surface area contributed by atoms with E-state index in [2.05, 4.69) is 131 Å². The van der Waals surface area contributed by atoms with Gasteiger partial charge in [0, 0.05) is 12.4 Å². The van der Waals surface area contributed by atoms with Gasteiger partial charge >= 0.3 is 20.4 Å². The standard InChI is InChI=1S/C27H26P2.2C24BF20.C10H8N2.Pd/c1-5-14-24(15-6-1)28(25-16-7-2-8-17-25)22-13-23-29(26-18-9-3-10-19-26)27-20-11-4-12-21-27;2*26-5-1(6(27)14(35)21(42)13(5)34)25(2-7(28)15(36)22(43)16(37)8(2)29,3-9(30)17(38)23(44)18(39)10(3)31)4-11(32)19(40)24(45)20(41)12(4)33;1-3-7-11-9(5-1)10-6-2-4-8-12-10;/h1-12,14-21H,13,22-23H2;;;1-8H;/q;2*-1;;+2. The minimum Gasteiger partial charge on any atom is -0.255 e. The van der Waals surface area contributed by atoms with E-state index in [1.54, 1.807) is 12.4 Å². The van der Waals surface area contributed by atoms with Crippen LogP contribution in [0.25, 0.3) is 11.4 Å². The molecule has 0 radical (unpaired) electrons. The SMILES string of the molecule is Fc1c(F)c(F)c([B-](c2c(F)c(F)c(F)c(F)c2F)(c2c(F)c(F)c(F)c(F)c2F)c2c(F)c(F)c(F)c(F)c2F)c(F)c1F.Fc1c(F)c(F)c([B-](c2c(F)c(F)c(F)c(F)c2F)(c2c(F)c(F)c(F)c(F)c2F)c2c(F)c(F)c(F)c(F)c2F)c(F)c1F.[Pd+2].c1ccc(-c2ccccn2)nc1.c1ccc(P(CCCP(c2ccccc2)c2ccccc2)c2ccccc2)cc1. The Morgan fingerprint density at radius 2 is 0.280 bits per heavy atom. The van der Waals surface area contributed by atoms with Gasteiger partial charge in [-0.1, -0.05) is 133 Å². The molecule has 47 heteroatoms. The largest absolute Gasteiger partial charge is 2.00 e. The smallest absolute Gasteiger partial charge is 0.255 e. The van der Waals surface area contributed by atoms with Crippen molar-refractivity contribution in [3.63, 3.8) is 0 Å². The number of nitrogens with zero attached hydrogens (tertiary/aromatic N) is 2. The van der Waals surface area contributed by atoms with Crippen LogP contribution in [0.5, 0.6) is 0 Å². The number of halogens is 40. The monoisotopic (exact) mass is 2030 g/mol. The summed E-state index contributed by atoms with van der Waals surface area (Å²) in [6.07, 6.45) is -7.18. The van der Waals surface area contributed by atoms with Crippen LogP contribution in [-0.4, -0.2) is 34.6 Å². The van der Waals surface area contributed by atoms with Crippen molar-refractivity contribution in [3.8, 4) is 11.4 Å². The summed E-state index contributed by atoms with van der Waals surface area (Å²) >= 11 is 0. The topological polar surface area (TPSA) is 25.8 Å². The molecule has 690 valence electrons. The molecule has 0 bridgehead atoms. The van der Waals surface area contributed by atoms with Crippen LogP contribution in [0.3, 0.4) is 0 Å². The zero-order valence-corrected chi connectivity index (χ0v) is 67.0. The molecule has 0 unspecified atom stereocenters. The molecule has 14 rings (SSSR count). The van der Waals surface area contributed by atoms with Gasteiger partial charge in [0.2, 0.25) is 0 Å². The molecule has 0 atom stereocenters. The van der Waals surface area contributed by atoms with Gasteiger partial charge in [0.15, 0.2) is 140 Å². The predicted molar refractivity (Wildman–Crippen MR) is 398 cm³/mol. The third kappa shape index (κ3) is 17.6. The van der Waals surface area contributed by atoms with Crippen molar-refractivity contribution in [3.05, 3.63) is 403 Å². The Morgan fingerprint density at radius 3 is 0.402 bits per heavy atom. The van der Waals surface area contributed by atoms with E-state index < -0.39 is 289 Å². The third-order valence-corrected chi connectivity index (χ3v) is 25.3. The van der Waals surface area contributed by atoms with Gasteiger partial charge in [-0.05, 0) is 80.1 Å². The van der Waals surface area contributed by atoms with Crippen molar-refractivity contribution in [2.24, 2.45) is 0 Å². The molecule has 0 amide bonds. The average molecular weight is 2030 g/mol. The maximum Gasteiger partial charge on any atom is 2.00 e. The molecule has 0 saturated heterocycles. The average Bonchev–Trinajstić information content (AvgIpc) is 0.683. The van der Waals surface area contributed by atoms with Crippen LogP contribution in [0.15, 0.2) is 170 Å². The van der Waals surface area contributed by atoms with E-state index in [1.807, 2.05) is 36.4 Å². The summed E-state index contributed by atoms with van der Waals surface area (Å²) < 4.78 is 588. The zero-order valence-electron chi connectivity index (χ0n) is 63.7. The van der Waals surface area contributed by atoms with Gasteiger partial charge < -0.3 is 0 Å². The second-order valence-corrected chi connectivity index (χ2v) is 31.7. The molecule has 2 aromatic heterocycles. The minimum atomic E-state index is -7.22. The Balaban J connectivity index is 0.000000195. The molecule has 132 heavy (non-hydrogen) atoms. The number of benzene rings is 12. The number of hydrogen-bond acceptors (Lipinski definition) is 2. The first-order chi connectivity index (χ1) is 61.8. The number of aromatic nitrogens is 2. The van der Waals surface area contributed by atoms with Crippen LogP contribution in [0.2, 0.25) is 0 Å². The Hall–Kier alpha value is -12.2. The Labute approximate surface area is 728 Å². The molecule has 0 aliphatic rings. The normalized spacial score (nSPS) is 11.5. The van der Waals surface area contributed by atoms with Crippen molar-refractivity contribution in [1.29, 1.82) is 0 Å². The Bertz CT molecular complexity index is 5510. The maximum absolute atomic E-state index is 15.4. The fraction of sp³-hybridized carbons (Fsp3) is 0.0353. The third-order valence-electron chi connectivity index (χ3n) is 20.0. The summed E-state index contributed by atoms with van der Waals surface area (Å²) in [7, 11) is -0.618. The van der Waals surface area contributed by atoms with Gasteiger partial charge in [0.05, 0.1) is 11.4 Å². The van der Waals surface area contributed by atoms with Crippen LogP contribution < -0.4 is 64.9 Å². The van der Waals surface area contributed by atoms with E-state index in [0.717, 1.165) is 11.4 Å². The molecule has 0 N–H and O–H groups in total. The van der Waals surface area contributed by atoms with Gasteiger partial charge in [0.1, 0.15) is 105 Å². The fourth-order valence-corrected chi connectivity index (χ4v) is 19.4. The molecular weight excluding hydrogens is 2000 g/mol. The molecule has 0 saturated carbocycles. The molecule has 0 fully saturated rings.